The number of methoxy groups -OCH3 is 1. The number of carbonyl (C=O) groups excluding carboxylic acids is 1. The van der Waals surface area contributed by atoms with Crippen molar-refractivity contribution >= 4 is 5.97 Å². The number of hydrogen-bond acceptors (Lipinski definition) is 3. The fraction of sp³-hybridized carbons (Fsp3) is 0.654. The molecular formula is C26H38O3. The van der Waals surface area contributed by atoms with E-state index in [4.69, 9.17) is 9.47 Å². The summed E-state index contributed by atoms with van der Waals surface area (Å²) in [6, 6.07) is 0. The fourth-order valence-electron chi connectivity index (χ4n) is 4.53. The van der Waals surface area contributed by atoms with Gasteiger partial charge in [0, 0.05) is 6.42 Å². The fourth-order valence-corrected chi connectivity index (χ4v) is 4.53. The first-order valence-electron chi connectivity index (χ1n) is 11.2. The number of carbonyl (C=O) groups is 1. The van der Waals surface area contributed by atoms with Crippen LogP contribution in [0.3, 0.4) is 0 Å². The Labute approximate surface area is 177 Å². The van der Waals surface area contributed by atoms with E-state index in [1.807, 2.05) is 6.92 Å². The minimum Gasteiger partial charge on any atom is -0.494 e. The lowest BCUT2D eigenvalue weighted by Gasteiger charge is -2.34. The van der Waals surface area contributed by atoms with Gasteiger partial charge >= 0.3 is 5.97 Å². The van der Waals surface area contributed by atoms with Crippen LogP contribution in [-0.4, -0.2) is 19.7 Å². The molecule has 0 aromatic rings. The van der Waals surface area contributed by atoms with Gasteiger partial charge in [-0.3, -0.25) is 4.79 Å². The molecule has 1 atom stereocenters. The summed E-state index contributed by atoms with van der Waals surface area (Å²) < 4.78 is 11.0. The average molecular weight is 399 g/mol. The number of hydrogen-bond donors (Lipinski definition) is 0. The Morgan fingerprint density at radius 2 is 2.00 bits per heavy atom. The minimum absolute atomic E-state index is 0.0629. The largest absolute Gasteiger partial charge is 0.494 e. The molecule has 1 saturated carbocycles. The van der Waals surface area contributed by atoms with Gasteiger partial charge in [-0.05, 0) is 56.1 Å². The first-order valence-corrected chi connectivity index (χ1v) is 11.2. The van der Waals surface area contributed by atoms with Crippen LogP contribution in [0.25, 0.3) is 0 Å². The molecule has 1 unspecified atom stereocenters. The minimum atomic E-state index is -0.213. The van der Waals surface area contributed by atoms with Gasteiger partial charge in [-0.25, -0.2) is 0 Å². The zero-order valence-corrected chi connectivity index (χ0v) is 18.8. The molecule has 2 rings (SSSR count). The van der Waals surface area contributed by atoms with Crippen LogP contribution in [-0.2, 0) is 14.3 Å². The van der Waals surface area contributed by atoms with E-state index >= 15 is 0 Å². The smallest absolute Gasteiger partial charge is 0.307 e. The molecule has 0 N–H and O–H groups in total. The third-order valence-electron chi connectivity index (χ3n) is 6.16. The Morgan fingerprint density at radius 3 is 2.59 bits per heavy atom. The third kappa shape index (κ3) is 7.77. The second-order valence-corrected chi connectivity index (χ2v) is 8.71. The lowest BCUT2D eigenvalue weighted by molar-refractivity contribution is -0.141. The molecule has 1 fully saturated rings. The molecule has 0 bridgehead atoms. The van der Waals surface area contributed by atoms with Gasteiger partial charge in [0.15, 0.2) is 0 Å². The van der Waals surface area contributed by atoms with Gasteiger partial charge in [0.25, 0.3) is 0 Å². The predicted octanol–water partition coefficient (Wildman–Crippen LogP) is 6.51. The molecule has 0 saturated heterocycles. The summed E-state index contributed by atoms with van der Waals surface area (Å²) in [7, 11) is 1.43. The summed E-state index contributed by atoms with van der Waals surface area (Å²) in [5, 5.41) is 0. The van der Waals surface area contributed by atoms with Crippen LogP contribution in [0.15, 0.2) is 35.1 Å². The van der Waals surface area contributed by atoms with Crippen molar-refractivity contribution in [1.29, 1.82) is 0 Å². The summed E-state index contributed by atoms with van der Waals surface area (Å²) in [5.41, 5.74) is 3.07. The Morgan fingerprint density at radius 1 is 1.24 bits per heavy atom. The van der Waals surface area contributed by atoms with Crippen LogP contribution in [0.2, 0.25) is 0 Å². The summed E-state index contributed by atoms with van der Waals surface area (Å²) in [6.07, 6.45) is 17.6. The molecule has 160 valence electrons. The van der Waals surface area contributed by atoms with E-state index in [9.17, 15) is 4.79 Å². The van der Waals surface area contributed by atoms with E-state index in [1.54, 1.807) is 0 Å². The molecule has 0 aromatic carbocycles. The van der Waals surface area contributed by atoms with Crippen LogP contribution in [0.1, 0.15) is 85.0 Å². The van der Waals surface area contributed by atoms with Crippen LogP contribution in [0, 0.1) is 23.2 Å². The maximum absolute atomic E-state index is 11.7. The van der Waals surface area contributed by atoms with Crippen molar-refractivity contribution in [3.63, 3.8) is 0 Å². The molecule has 0 radical (unpaired) electrons. The predicted molar refractivity (Wildman–Crippen MR) is 119 cm³/mol. The van der Waals surface area contributed by atoms with Crippen molar-refractivity contribution in [3.05, 3.63) is 35.1 Å². The molecule has 0 aliphatic heterocycles. The van der Waals surface area contributed by atoms with Crippen molar-refractivity contribution < 1.29 is 14.3 Å². The molecule has 2 aliphatic carbocycles. The van der Waals surface area contributed by atoms with E-state index in [0.717, 1.165) is 31.4 Å². The lowest BCUT2D eigenvalue weighted by Crippen LogP contribution is -2.22. The second-order valence-electron chi connectivity index (χ2n) is 8.71. The van der Waals surface area contributed by atoms with Gasteiger partial charge in [-0.15, -0.1) is 5.92 Å². The number of allylic oxidation sites excluding steroid dienone is 5. The van der Waals surface area contributed by atoms with Gasteiger partial charge in [0.2, 0.25) is 0 Å². The highest BCUT2D eigenvalue weighted by molar-refractivity contribution is 5.70. The standard InChI is InChI=1S/C26H38O3/c1-5-10-21(19-26(3)16-8-7-9-17-26)20-29-24-14-12-22(13-15-24)23(11-6-2)18-25(27)28-4/h10,12,14,23H,5,7-9,13,15-20H2,1-4H3/b21-10+. The average Bonchev–Trinajstić information content (AvgIpc) is 2.72. The van der Waals surface area contributed by atoms with Crippen LogP contribution >= 0.6 is 0 Å². The number of rotatable bonds is 9. The van der Waals surface area contributed by atoms with E-state index < -0.39 is 0 Å². The second kappa shape index (κ2) is 11.9. The van der Waals surface area contributed by atoms with Crippen LogP contribution < -0.4 is 0 Å². The zero-order chi connectivity index (χ0) is 21.1. The highest BCUT2D eigenvalue weighted by Gasteiger charge is 2.28. The summed E-state index contributed by atoms with van der Waals surface area (Å²) in [5.74, 6) is 6.85. The topological polar surface area (TPSA) is 35.5 Å². The quantitative estimate of drug-likeness (QED) is 0.252. The highest BCUT2D eigenvalue weighted by Crippen LogP contribution is 2.41. The van der Waals surface area contributed by atoms with E-state index in [2.05, 4.69) is 43.9 Å². The summed E-state index contributed by atoms with van der Waals surface area (Å²) >= 11 is 0. The Balaban J connectivity index is 1.96. The van der Waals surface area contributed by atoms with Crippen molar-refractivity contribution in [2.45, 2.75) is 85.0 Å². The Hall–Kier alpha value is -1.95. The van der Waals surface area contributed by atoms with Crippen molar-refractivity contribution in [1.82, 2.24) is 0 Å². The summed E-state index contributed by atoms with van der Waals surface area (Å²) in [4.78, 5) is 11.7. The Bertz CT molecular complexity index is 693. The van der Waals surface area contributed by atoms with Gasteiger partial charge < -0.3 is 9.47 Å². The zero-order valence-electron chi connectivity index (χ0n) is 18.8. The van der Waals surface area contributed by atoms with Crippen molar-refractivity contribution in [2.75, 3.05) is 13.7 Å². The molecule has 2 aliphatic rings. The molecule has 0 heterocycles. The van der Waals surface area contributed by atoms with E-state index in [-0.39, 0.29) is 11.9 Å². The molecular weight excluding hydrogens is 360 g/mol. The maximum Gasteiger partial charge on any atom is 0.307 e. The number of ether oxygens (including phenoxy) is 2. The third-order valence-corrected chi connectivity index (χ3v) is 6.16. The monoisotopic (exact) mass is 398 g/mol. The van der Waals surface area contributed by atoms with Gasteiger partial charge in [-0.2, -0.15) is 0 Å². The first kappa shape index (κ1) is 23.3. The molecule has 0 spiro atoms. The molecule has 3 nitrogen and oxygen atoms in total. The first-order chi connectivity index (χ1) is 14.0. The molecule has 0 aromatic heterocycles. The summed E-state index contributed by atoms with van der Waals surface area (Å²) in [6.45, 7) is 7.15. The highest BCUT2D eigenvalue weighted by atomic mass is 16.5. The van der Waals surface area contributed by atoms with Crippen LogP contribution in [0.4, 0.5) is 0 Å². The number of esters is 1. The SMILES string of the molecule is CC#CC(CC(=O)OC)C1=CC=C(OC/C(=C/CC)CC2(C)CCCCC2)CC1. The van der Waals surface area contributed by atoms with E-state index in [1.165, 1.54) is 50.4 Å². The Kier molecular flexibility index (Phi) is 9.58. The van der Waals surface area contributed by atoms with Crippen molar-refractivity contribution in [2.24, 2.45) is 11.3 Å². The normalized spacial score (nSPS) is 19.9. The van der Waals surface area contributed by atoms with E-state index in [0.29, 0.717) is 18.4 Å². The lowest BCUT2D eigenvalue weighted by atomic mass is 9.72. The van der Waals surface area contributed by atoms with Crippen LogP contribution in [0.5, 0.6) is 0 Å². The molecule has 29 heavy (non-hydrogen) atoms. The van der Waals surface area contributed by atoms with Gasteiger partial charge in [-0.1, -0.05) is 56.8 Å². The van der Waals surface area contributed by atoms with Gasteiger partial charge in [0.05, 0.1) is 25.2 Å². The maximum atomic E-state index is 11.7. The molecule has 3 heteroatoms. The van der Waals surface area contributed by atoms with Crippen molar-refractivity contribution in [3.8, 4) is 11.8 Å². The van der Waals surface area contributed by atoms with Gasteiger partial charge in [0.1, 0.15) is 6.61 Å². The molecule has 0 amide bonds.